The first-order valence-electron chi connectivity index (χ1n) is 9.11. The molecular formula is C22H15ClF3N3OS. The maximum Gasteiger partial charge on any atom is 0.435 e. The molecule has 0 saturated heterocycles. The Morgan fingerprint density at radius 1 is 1.10 bits per heavy atom. The van der Waals surface area contributed by atoms with E-state index in [0.29, 0.717) is 32.5 Å². The standard InChI is InChI=1S/C22H15ClF3N3OS/c1-13-4-7-15(23)11-17(13)27-21(30)14-5-8-16(9-6-14)29-18(19-3-2-10-31-19)12-20(28-29)22(24,25)26/h2-12H,1H3,(H,27,30). The Labute approximate surface area is 184 Å². The Balaban J connectivity index is 1.64. The van der Waals surface area contributed by atoms with Crippen LogP contribution in [0.4, 0.5) is 18.9 Å². The molecule has 0 fully saturated rings. The van der Waals surface area contributed by atoms with Crippen LogP contribution in [-0.2, 0) is 6.18 Å². The number of aryl methyl sites for hydroxylation is 1. The van der Waals surface area contributed by atoms with Crippen molar-refractivity contribution in [3.63, 3.8) is 0 Å². The number of hydrogen-bond donors (Lipinski definition) is 1. The smallest absolute Gasteiger partial charge is 0.322 e. The van der Waals surface area contributed by atoms with Gasteiger partial charge in [-0.25, -0.2) is 4.68 Å². The Bertz CT molecular complexity index is 1230. The number of nitrogens with one attached hydrogen (secondary N) is 1. The van der Waals surface area contributed by atoms with E-state index in [1.807, 2.05) is 6.92 Å². The van der Waals surface area contributed by atoms with Gasteiger partial charge in [-0.2, -0.15) is 18.3 Å². The number of benzene rings is 2. The van der Waals surface area contributed by atoms with Gasteiger partial charge < -0.3 is 5.32 Å². The molecule has 2 heterocycles. The predicted octanol–water partition coefficient (Wildman–Crippen LogP) is 6.83. The maximum atomic E-state index is 13.2. The highest BCUT2D eigenvalue weighted by molar-refractivity contribution is 7.13. The molecule has 158 valence electrons. The largest absolute Gasteiger partial charge is 0.435 e. The number of carbonyl (C=O) groups is 1. The van der Waals surface area contributed by atoms with Crippen LogP contribution in [0.2, 0.25) is 5.02 Å². The molecule has 4 aromatic rings. The molecule has 0 unspecified atom stereocenters. The van der Waals surface area contributed by atoms with Crippen molar-refractivity contribution in [1.82, 2.24) is 9.78 Å². The minimum Gasteiger partial charge on any atom is -0.322 e. The van der Waals surface area contributed by atoms with Crippen molar-refractivity contribution in [3.05, 3.63) is 87.9 Å². The molecule has 2 aromatic carbocycles. The molecule has 2 aromatic heterocycles. The van der Waals surface area contributed by atoms with Gasteiger partial charge in [-0.05, 0) is 66.4 Å². The molecule has 0 aliphatic heterocycles. The molecule has 0 saturated carbocycles. The molecule has 1 N–H and O–H groups in total. The second-order valence-corrected chi connectivity index (χ2v) is 8.15. The van der Waals surface area contributed by atoms with Gasteiger partial charge in [0.2, 0.25) is 0 Å². The molecule has 4 nitrogen and oxygen atoms in total. The fourth-order valence-corrected chi connectivity index (χ4v) is 3.89. The molecule has 1 amide bonds. The Morgan fingerprint density at radius 2 is 1.84 bits per heavy atom. The predicted molar refractivity (Wildman–Crippen MR) is 116 cm³/mol. The van der Waals surface area contributed by atoms with Crippen molar-refractivity contribution >= 4 is 34.5 Å². The summed E-state index contributed by atoms with van der Waals surface area (Å²) in [6, 6.07) is 15.9. The highest BCUT2D eigenvalue weighted by atomic mass is 35.5. The van der Waals surface area contributed by atoms with Crippen molar-refractivity contribution in [2.24, 2.45) is 0 Å². The van der Waals surface area contributed by atoms with Crippen LogP contribution in [-0.4, -0.2) is 15.7 Å². The van der Waals surface area contributed by atoms with Crippen LogP contribution in [0.25, 0.3) is 16.3 Å². The summed E-state index contributed by atoms with van der Waals surface area (Å²) in [6.45, 7) is 1.84. The van der Waals surface area contributed by atoms with E-state index in [-0.39, 0.29) is 5.91 Å². The summed E-state index contributed by atoms with van der Waals surface area (Å²) >= 11 is 7.30. The molecule has 0 radical (unpaired) electrons. The lowest BCUT2D eigenvalue weighted by molar-refractivity contribution is -0.141. The molecular weight excluding hydrogens is 447 g/mol. The molecule has 0 atom stereocenters. The number of hydrogen-bond acceptors (Lipinski definition) is 3. The third-order valence-corrected chi connectivity index (χ3v) is 5.72. The minimum absolute atomic E-state index is 0.328. The third kappa shape index (κ3) is 4.50. The molecule has 0 spiro atoms. The van der Waals surface area contributed by atoms with E-state index in [0.717, 1.165) is 11.6 Å². The number of alkyl halides is 3. The molecule has 9 heteroatoms. The number of amides is 1. The summed E-state index contributed by atoms with van der Waals surface area (Å²) < 4.78 is 41.0. The highest BCUT2D eigenvalue weighted by Gasteiger charge is 2.35. The van der Waals surface area contributed by atoms with Gasteiger partial charge in [-0.15, -0.1) is 11.3 Å². The fraction of sp³-hybridized carbons (Fsp3) is 0.0909. The first-order valence-corrected chi connectivity index (χ1v) is 10.4. The van der Waals surface area contributed by atoms with E-state index in [2.05, 4.69) is 10.4 Å². The summed E-state index contributed by atoms with van der Waals surface area (Å²) in [4.78, 5) is 13.2. The topological polar surface area (TPSA) is 46.9 Å². The first kappa shape index (κ1) is 21.1. The zero-order chi connectivity index (χ0) is 22.2. The molecule has 0 bridgehead atoms. The summed E-state index contributed by atoms with van der Waals surface area (Å²) in [6.07, 6.45) is -4.56. The van der Waals surface area contributed by atoms with Crippen LogP contribution in [0.5, 0.6) is 0 Å². The van der Waals surface area contributed by atoms with Crippen molar-refractivity contribution in [2.45, 2.75) is 13.1 Å². The van der Waals surface area contributed by atoms with Crippen LogP contribution in [0.15, 0.2) is 66.0 Å². The van der Waals surface area contributed by atoms with E-state index >= 15 is 0 Å². The molecule has 0 aliphatic carbocycles. The number of nitrogens with zero attached hydrogens (tertiary/aromatic N) is 2. The van der Waals surface area contributed by atoms with Crippen molar-refractivity contribution in [1.29, 1.82) is 0 Å². The van der Waals surface area contributed by atoms with E-state index < -0.39 is 11.9 Å². The Kier molecular flexibility index (Phi) is 5.60. The zero-order valence-corrected chi connectivity index (χ0v) is 17.6. The molecule has 0 aliphatic rings. The van der Waals surface area contributed by atoms with E-state index in [4.69, 9.17) is 11.6 Å². The van der Waals surface area contributed by atoms with Gasteiger partial charge in [0, 0.05) is 16.3 Å². The molecule has 4 rings (SSSR count). The monoisotopic (exact) mass is 461 g/mol. The van der Waals surface area contributed by atoms with Crippen LogP contribution >= 0.6 is 22.9 Å². The average molecular weight is 462 g/mol. The van der Waals surface area contributed by atoms with Crippen LogP contribution in [0.3, 0.4) is 0 Å². The summed E-state index contributed by atoms with van der Waals surface area (Å²) in [5.74, 6) is -0.355. The van der Waals surface area contributed by atoms with Crippen molar-refractivity contribution in [3.8, 4) is 16.3 Å². The summed E-state index contributed by atoms with van der Waals surface area (Å²) in [5, 5.41) is 8.83. The van der Waals surface area contributed by atoms with E-state index in [1.54, 1.807) is 47.8 Å². The van der Waals surface area contributed by atoms with Gasteiger partial charge in [0.25, 0.3) is 5.91 Å². The van der Waals surface area contributed by atoms with Crippen molar-refractivity contribution < 1.29 is 18.0 Å². The number of carbonyl (C=O) groups excluding carboxylic acids is 1. The highest BCUT2D eigenvalue weighted by Crippen LogP contribution is 2.34. The average Bonchev–Trinajstić information content (AvgIpc) is 3.40. The first-order chi connectivity index (χ1) is 14.7. The van der Waals surface area contributed by atoms with Gasteiger partial charge in [0.1, 0.15) is 0 Å². The lowest BCUT2D eigenvalue weighted by atomic mass is 10.1. The minimum atomic E-state index is -4.56. The maximum absolute atomic E-state index is 13.2. The van der Waals surface area contributed by atoms with E-state index in [1.165, 1.54) is 28.2 Å². The number of thiophene rings is 1. The van der Waals surface area contributed by atoms with Gasteiger partial charge in [-0.3, -0.25) is 4.79 Å². The van der Waals surface area contributed by atoms with Crippen LogP contribution in [0.1, 0.15) is 21.6 Å². The summed E-state index contributed by atoms with van der Waals surface area (Å²) in [5.41, 5.74) is 1.55. The third-order valence-electron chi connectivity index (χ3n) is 4.60. The summed E-state index contributed by atoms with van der Waals surface area (Å²) in [7, 11) is 0. The SMILES string of the molecule is Cc1ccc(Cl)cc1NC(=O)c1ccc(-n2nc(C(F)(F)F)cc2-c2cccs2)cc1. The van der Waals surface area contributed by atoms with Crippen molar-refractivity contribution in [2.75, 3.05) is 5.32 Å². The second kappa shape index (κ2) is 8.20. The van der Waals surface area contributed by atoms with Crippen LogP contribution < -0.4 is 5.32 Å². The fourth-order valence-electron chi connectivity index (χ4n) is 2.99. The Hall–Kier alpha value is -3.10. The number of anilines is 1. The Morgan fingerprint density at radius 3 is 2.48 bits per heavy atom. The normalized spacial score (nSPS) is 11.5. The lowest BCUT2D eigenvalue weighted by Crippen LogP contribution is -2.13. The van der Waals surface area contributed by atoms with Crippen LogP contribution in [0, 0.1) is 6.92 Å². The lowest BCUT2D eigenvalue weighted by Gasteiger charge is -2.10. The number of rotatable bonds is 4. The van der Waals surface area contributed by atoms with Gasteiger partial charge in [0.15, 0.2) is 5.69 Å². The van der Waals surface area contributed by atoms with Gasteiger partial charge >= 0.3 is 6.18 Å². The van der Waals surface area contributed by atoms with E-state index in [9.17, 15) is 18.0 Å². The molecule has 31 heavy (non-hydrogen) atoms. The number of aromatic nitrogens is 2. The quantitative estimate of drug-likeness (QED) is 0.362. The van der Waals surface area contributed by atoms with Gasteiger partial charge in [0.05, 0.1) is 16.3 Å². The number of halogens is 4. The van der Waals surface area contributed by atoms with Gasteiger partial charge in [-0.1, -0.05) is 23.7 Å². The zero-order valence-electron chi connectivity index (χ0n) is 16.1. The second-order valence-electron chi connectivity index (χ2n) is 6.76.